The van der Waals surface area contributed by atoms with Gasteiger partial charge in [-0.05, 0) is 26.0 Å². The van der Waals surface area contributed by atoms with Crippen LogP contribution in [-0.2, 0) is 0 Å². The summed E-state index contributed by atoms with van der Waals surface area (Å²) in [6.07, 6.45) is 0. The molecule has 2 heteroatoms. The summed E-state index contributed by atoms with van der Waals surface area (Å²) in [4.78, 5) is 10.2. The van der Waals surface area contributed by atoms with Crippen LogP contribution in [0, 0.1) is 13.8 Å². The molecule has 3 rings (SSSR count). The predicted octanol–water partition coefficient (Wildman–Crippen LogP) is 11.5. The number of carboxylic acid groups (broad SMARTS) is 1. The Kier molecular flexibility index (Phi) is 63.2. The summed E-state index contributed by atoms with van der Waals surface area (Å²) in [7, 11) is 0. The predicted molar refractivity (Wildman–Crippen MR) is 164 cm³/mol. The molecule has 3 aromatic rings. The summed E-state index contributed by atoms with van der Waals surface area (Å²) >= 11 is 0. The number of aryl methyl sites for hydroxylation is 2. The van der Waals surface area contributed by atoms with Gasteiger partial charge in [0.25, 0.3) is 0 Å². The number of rotatable bonds is 1. The molecule has 0 atom stereocenters. The highest BCUT2D eigenvalue weighted by Crippen LogP contribution is 1.96. The van der Waals surface area contributed by atoms with Gasteiger partial charge in [-0.1, -0.05) is 173 Å². The fraction of sp³-hybridized carbons (Fsp3) is 0.424. The van der Waals surface area contributed by atoms with Crippen molar-refractivity contribution in [3.8, 4) is 0 Å². The second-order valence-electron chi connectivity index (χ2n) is 4.98. The standard InChI is InChI=1S/C7H6O2.2C7H8.6C2H6/c8-7(9)6-4-2-1-3-5-6;2*1-7-5-3-2-4-6-7;6*1-2/h1-5H,(H,8,9);2*2-6H,1H3;6*1-2H3. The molecule has 0 unspecified atom stereocenters. The molecule has 0 spiro atoms. The van der Waals surface area contributed by atoms with Crippen LogP contribution < -0.4 is 0 Å². The summed E-state index contributed by atoms with van der Waals surface area (Å²) in [6, 6.07) is 28.8. The fourth-order valence-electron chi connectivity index (χ4n) is 1.65. The maximum atomic E-state index is 10.2. The van der Waals surface area contributed by atoms with Gasteiger partial charge in [0.2, 0.25) is 0 Å². The molecule has 0 amide bonds. The van der Waals surface area contributed by atoms with Gasteiger partial charge < -0.3 is 5.11 Å². The lowest BCUT2D eigenvalue weighted by molar-refractivity contribution is 0.0697. The normalized spacial score (nSPS) is 6.80. The molecule has 0 saturated carbocycles. The molecule has 202 valence electrons. The lowest BCUT2D eigenvalue weighted by Crippen LogP contribution is -1.93. The van der Waals surface area contributed by atoms with E-state index in [0.717, 1.165) is 0 Å². The average molecular weight is 487 g/mol. The lowest BCUT2D eigenvalue weighted by Gasteiger charge is -1.88. The maximum absolute atomic E-state index is 10.2. The van der Waals surface area contributed by atoms with Gasteiger partial charge in [0.15, 0.2) is 0 Å². The van der Waals surface area contributed by atoms with E-state index < -0.39 is 5.97 Å². The molecule has 35 heavy (non-hydrogen) atoms. The molecule has 0 aliphatic rings. The van der Waals surface area contributed by atoms with E-state index >= 15 is 0 Å². The first-order valence-corrected chi connectivity index (χ1v) is 13.4. The van der Waals surface area contributed by atoms with Crippen LogP contribution in [0.5, 0.6) is 0 Å². The van der Waals surface area contributed by atoms with Crippen LogP contribution in [0.4, 0.5) is 0 Å². The highest BCUT2D eigenvalue weighted by atomic mass is 16.4. The van der Waals surface area contributed by atoms with Crippen molar-refractivity contribution in [3.05, 3.63) is 108 Å². The smallest absolute Gasteiger partial charge is 0.335 e. The number of carbonyl (C=O) groups is 1. The van der Waals surface area contributed by atoms with Crippen molar-refractivity contribution in [1.29, 1.82) is 0 Å². The molecule has 0 fully saturated rings. The first kappa shape index (κ1) is 45.6. The third kappa shape index (κ3) is 41.8. The van der Waals surface area contributed by atoms with Crippen molar-refractivity contribution in [2.24, 2.45) is 0 Å². The molecule has 0 saturated heterocycles. The summed E-state index contributed by atoms with van der Waals surface area (Å²) in [5.74, 6) is -0.879. The topological polar surface area (TPSA) is 37.3 Å². The number of carboxylic acids is 1. The van der Waals surface area contributed by atoms with Crippen molar-refractivity contribution >= 4 is 5.97 Å². The number of hydrogen-bond acceptors (Lipinski definition) is 1. The summed E-state index contributed by atoms with van der Waals surface area (Å²) in [6.45, 7) is 28.2. The van der Waals surface area contributed by atoms with Crippen LogP contribution in [0.15, 0.2) is 91.0 Å². The molecule has 0 radical (unpaired) electrons. The molecule has 0 aromatic heterocycles. The quantitative estimate of drug-likeness (QED) is 0.371. The third-order valence-electron chi connectivity index (χ3n) is 2.90. The Bertz CT molecular complexity index is 626. The van der Waals surface area contributed by atoms with Gasteiger partial charge in [-0.2, -0.15) is 0 Å². The van der Waals surface area contributed by atoms with Gasteiger partial charge in [-0.25, -0.2) is 4.79 Å². The van der Waals surface area contributed by atoms with Crippen molar-refractivity contribution in [2.75, 3.05) is 0 Å². The molecule has 0 heterocycles. The van der Waals surface area contributed by atoms with E-state index in [0.29, 0.717) is 5.56 Å². The Balaban J connectivity index is -0.0000000745. The first-order chi connectivity index (χ1) is 17.1. The highest BCUT2D eigenvalue weighted by Gasteiger charge is 1.96. The fourth-order valence-corrected chi connectivity index (χ4v) is 1.65. The van der Waals surface area contributed by atoms with Crippen molar-refractivity contribution < 1.29 is 9.90 Å². The largest absolute Gasteiger partial charge is 0.478 e. The lowest BCUT2D eigenvalue weighted by atomic mass is 10.2. The molecule has 0 aliphatic heterocycles. The van der Waals surface area contributed by atoms with E-state index in [1.54, 1.807) is 30.3 Å². The monoisotopic (exact) mass is 486 g/mol. The SMILES string of the molecule is CC.CC.CC.CC.CC.CC.Cc1ccccc1.Cc1ccccc1.O=C(O)c1ccccc1. The van der Waals surface area contributed by atoms with E-state index in [4.69, 9.17) is 5.11 Å². The van der Waals surface area contributed by atoms with Crippen LogP contribution in [0.25, 0.3) is 0 Å². The minimum Gasteiger partial charge on any atom is -0.478 e. The molecular formula is C33H58O2. The van der Waals surface area contributed by atoms with Gasteiger partial charge in [0, 0.05) is 0 Å². The molecule has 1 N–H and O–H groups in total. The third-order valence-corrected chi connectivity index (χ3v) is 2.90. The van der Waals surface area contributed by atoms with Gasteiger partial charge in [0.1, 0.15) is 0 Å². The Labute approximate surface area is 220 Å². The summed E-state index contributed by atoms with van der Waals surface area (Å²) < 4.78 is 0. The van der Waals surface area contributed by atoms with Gasteiger partial charge in [-0.3, -0.25) is 0 Å². The Hall–Kier alpha value is -2.87. The summed E-state index contributed by atoms with van der Waals surface area (Å²) in [5.41, 5.74) is 2.97. The zero-order valence-electron chi connectivity index (χ0n) is 25.5. The molecule has 2 nitrogen and oxygen atoms in total. The van der Waals surface area contributed by atoms with E-state index in [9.17, 15) is 4.79 Å². The zero-order chi connectivity index (χ0) is 28.9. The van der Waals surface area contributed by atoms with Gasteiger partial charge in [0.05, 0.1) is 5.56 Å². The Morgan fingerprint density at radius 1 is 0.429 bits per heavy atom. The summed E-state index contributed by atoms with van der Waals surface area (Å²) in [5, 5.41) is 8.38. The Morgan fingerprint density at radius 3 is 0.743 bits per heavy atom. The number of hydrogen-bond donors (Lipinski definition) is 1. The first-order valence-electron chi connectivity index (χ1n) is 13.4. The maximum Gasteiger partial charge on any atom is 0.335 e. The minimum atomic E-state index is -0.879. The van der Waals surface area contributed by atoms with Crippen LogP contribution in [0.2, 0.25) is 0 Å². The van der Waals surface area contributed by atoms with Crippen molar-refractivity contribution in [3.63, 3.8) is 0 Å². The van der Waals surface area contributed by atoms with Crippen LogP contribution in [0.3, 0.4) is 0 Å². The average Bonchev–Trinajstić information content (AvgIpc) is 2.97. The molecular weight excluding hydrogens is 428 g/mol. The van der Waals surface area contributed by atoms with E-state index in [1.165, 1.54) is 11.1 Å². The van der Waals surface area contributed by atoms with E-state index in [1.807, 2.05) is 119 Å². The highest BCUT2D eigenvalue weighted by molar-refractivity contribution is 5.87. The van der Waals surface area contributed by atoms with Crippen molar-refractivity contribution in [2.45, 2.75) is 96.9 Å². The number of aromatic carboxylic acids is 1. The second kappa shape index (κ2) is 48.5. The van der Waals surface area contributed by atoms with E-state index in [2.05, 4.69) is 38.1 Å². The molecule has 3 aromatic carbocycles. The zero-order valence-corrected chi connectivity index (χ0v) is 25.5. The van der Waals surface area contributed by atoms with Gasteiger partial charge in [-0.15, -0.1) is 0 Å². The van der Waals surface area contributed by atoms with Crippen molar-refractivity contribution in [1.82, 2.24) is 0 Å². The molecule has 0 bridgehead atoms. The molecule has 0 aliphatic carbocycles. The number of benzene rings is 3. The van der Waals surface area contributed by atoms with Crippen LogP contribution in [-0.4, -0.2) is 11.1 Å². The van der Waals surface area contributed by atoms with Crippen LogP contribution >= 0.6 is 0 Å². The van der Waals surface area contributed by atoms with Gasteiger partial charge >= 0.3 is 5.97 Å². The minimum absolute atomic E-state index is 0.331. The Morgan fingerprint density at radius 2 is 0.629 bits per heavy atom. The van der Waals surface area contributed by atoms with E-state index in [-0.39, 0.29) is 0 Å². The van der Waals surface area contributed by atoms with Crippen LogP contribution in [0.1, 0.15) is 105 Å². The second-order valence-corrected chi connectivity index (χ2v) is 4.98.